The maximum atomic E-state index is 12.8. The summed E-state index contributed by atoms with van der Waals surface area (Å²) < 4.78 is 11.4. The quantitative estimate of drug-likeness (QED) is 0.916. The highest BCUT2D eigenvalue weighted by Gasteiger charge is 2.35. The van der Waals surface area contributed by atoms with Crippen molar-refractivity contribution in [3.8, 4) is 5.75 Å². The highest BCUT2D eigenvalue weighted by molar-refractivity contribution is 5.97. The Bertz CT molecular complexity index is 502. The van der Waals surface area contributed by atoms with Gasteiger partial charge < -0.3 is 20.1 Å². The van der Waals surface area contributed by atoms with Crippen molar-refractivity contribution in [2.75, 3.05) is 26.2 Å². The number of morpholine rings is 1. The third-order valence-corrected chi connectivity index (χ3v) is 3.45. The van der Waals surface area contributed by atoms with Crippen LogP contribution in [-0.4, -0.2) is 48.8 Å². The van der Waals surface area contributed by atoms with E-state index in [2.05, 4.69) is 0 Å². The summed E-state index contributed by atoms with van der Waals surface area (Å²) >= 11 is 0. The van der Waals surface area contributed by atoms with Crippen LogP contribution in [0.2, 0.25) is 0 Å². The molecule has 1 saturated heterocycles. The van der Waals surface area contributed by atoms with Crippen molar-refractivity contribution in [1.82, 2.24) is 4.90 Å². The van der Waals surface area contributed by atoms with E-state index in [0.29, 0.717) is 37.6 Å². The average molecular weight is 292 g/mol. The zero-order valence-corrected chi connectivity index (χ0v) is 13.0. The number of benzene rings is 1. The van der Waals surface area contributed by atoms with E-state index < -0.39 is 5.60 Å². The van der Waals surface area contributed by atoms with Crippen LogP contribution in [0.1, 0.15) is 31.1 Å². The van der Waals surface area contributed by atoms with E-state index in [9.17, 15) is 4.79 Å². The number of carbonyl (C=O) groups is 1. The molecule has 1 aromatic rings. The zero-order chi connectivity index (χ0) is 15.5. The molecule has 1 atom stereocenters. The Morgan fingerprint density at radius 2 is 2.19 bits per heavy atom. The minimum atomic E-state index is -0.390. The van der Waals surface area contributed by atoms with Crippen molar-refractivity contribution >= 4 is 5.91 Å². The van der Waals surface area contributed by atoms with E-state index in [1.54, 1.807) is 11.0 Å². The summed E-state index contributed by atoms with van der Waals surface area (Å²) in [7, 11) is 0. The first-order chi connectivity index (χ1) is 9.96. The molecule has 0 bridgehead atoms. The van der Waals surface area contributed by atoms with E-state index in [-0.39, 0.29) is 12.0 Å². The Morgan fingerprint density at radius 1 is 1.48 bits per heavy atom. The molecule has 1 heterocycles. The molecule has 2 N–H and O–H groups in total. The lowest BCUT2D eigenvalue weighted by atomic mass is 10.0. The average Bonchev–Trinajstić information content (AvgIpc) is 2.45. The second kappa shape index (κ2) is 6.45. The van der Waals surface area contributed by atoms with E-state index >= 15 is 0 Å². The fourth-order valence-corrected chi connectivity index (χ4v) is 2.67. The van der Waals surface area contributed by atoms with Crippen LogP contribution in [0.25, 0.3) is 0 Å². The number of ether oxygens (including phenoxy) is 2. The predicted octanol–water partition coefficient (Wildman–Crippen LogP) is 1.66. The van der Waals surface area contributed by atoms with E-state index in [4.69, 9.17) is 15.2 Å². The summed E-state index contributed by atoms with van der Waals surface area (Å²) in [4.78, 5) is 14.6. The van der Waals surface area contributed by atoms with Crippen molar-refractivity contribution in [3.63, 3.8) is 0 Å². The fourth-order valence-electron chi connectivity index (χ4n) is 2.67. The summed E-state index contributed by atoms with van der Waals surface area (Å²) in [5, 5.41) is 0. The summed E-state index contributed by atoms with van der Waals surface area (Å²) in [6, 6.07) is 7.34. The van der Waals surface area contributed by atoms with Gasteiger partial charge in [-0.05, 0) is 32.9 Å². The van der Waals surface area contributed by atoms with Gasteiger partial charge in [0.2, 0.25) is 0 Å². The molecule has 21 heavy (non-hydrogen) atoms. The molecule has 0 aromatic heterocycles. The minimum absolute atomic E-state index is 0.0334. The monoisotopic (exact) mass is 292 g/mol. The summed E-state index contributed by atoms with van der Waals surface area (Å²) in [5.41, 5.74) is 5.92. The summed E-state index contributed by atoms with van der Waals surface area (Å²) in [6.45, 7) is 7.85. The molecule has 2 rings (SSSR count). The summed E-state index contributed by atoms with van der Waals surface area (Å²) in [6.07, 6.45) is -0.128. The number of nitrogens with two attached hydrogens (primary N) is 1. The van der Waals surface area contributed by atoms with Gasteiger partial charge in [-0.3, -0.25) is 4.79 Å². The summed E-state index contributed by atoms with van der Waals surface area (Å²) in [5.74, 6) is 0.590. The van der Waals surface area contributed by atoms with Gasteiger partial charge in [0.15, 0.2) is 0 Å². The van der Waals surface area contributed by atoms with Gasteiger partial charge in [0.05, 0.1) is 23.9 Å². The smallest absolute Gasteiger partial charge is 0.257 e. The van der Waals surface area contributed by atoms with Crippen LogP contribution >= 0.6 is 0 Å². The Hall–Kier alpha value is -1.59. The van der Waals surface area contributed by atoms with Gasteiger partial charge in [-0.2, -0.15) is 0 Å². The van der Waals surface area contributed by atoms with Gasteiger partial charge >= 0.3 is 0 Å². The lowest BCUT2D eigenvalue weighted by molar-refractivity contribution is -0.122. The molecular formula is C16H24N2O3. The van der Waals surface area contributed by atoms with Gasteiger partial charge in [-0.1, -0.05) is 12.1 Å². The van der Waals surface area contributed by atoms with Crippen LogP contribution in [0, 0.1) is 0 Å². The van der Waals surface area contributed by atoms with Crippen LogP contribution in [0.5, 0.6) is 5.75 Å². The van der Waals surface area contributed by atoms with Crippen molar-refractivity contribution in [1.29, 1.82) is 0 Å². The Labute approximate surface area is 126 Å². The molecule has 116 valence electrons. The first-order valence-corrected chi connectivity index (χ1v) is 7.36. The molecule has 0 saturated carbocycles. The normalized spacial score (nSPS) is 21.1. The lowest BCUT2D eigenvalue weighted by Crippen LogP contribution is -2.56. The fraction of sp³-hybridized carbons (Fsp3) is 0.562. The number of hydrogen-bond acceptors (Lipinski definition) is 4. The SMILES string of the molecule is CCOc1ccccc1C(=O)N1CC(CN)OC(C)(C)C1. The molecule has 5 nitrogen and oxygen atoms in total. The number of rotatable bonds is 4. The molecule has 1 fully saturated rings. The van der Waals surface area contributed by atoms with Crippen molar-refractivity contribution in [2.45, 2.75) is 32.5 Å². The van der Waals surface area contributed by atoms with Crippen molar-refractivity contribution in [2.24, 2.45) is 5.73 Å². The Balaban J connectivity index is 2.23. The molecule has 1 aromatic carbocycles. The number of carbonyl (C=O) groups excluding carboxylic acids is 1. The molecule has 1 amide bonds. The maximum absolute atomic E-state index is 12.8. The largest absolute Gasteiger partial charge is 0.493 e. The van der Waals surface area contributed by atoms with Gasteiger partial charge in [0.1, 0.15) is 5.75 Å². The molecule has 0 radical (unpaired) electrons. The number of amides is 1. The molecule has 1 aliphatic rings. The van der Waals surface area contributed by atoms with Crippen LogP contribution < -0.4 is 10.5 Å². The second-order valence-electron chi connectivity index (χ2n) is 5.85. The molecule has 0 spiro atoms. The van der Waals surface area contributed by atoms with Gasteiger partial charge in [0.25, 0.3) is 5.91 Å². The molecule has 0 aliphatic carbocycles. The van der Waals surface area contributed by atoms with Crippen LogP contribution in [0.4, 0.5) is 0 Å². The predicted molar refractivity (Wildman–Crippen MR) is 81.5 cm³/mol. The molecule has 5 heteroatoms. The van der Waals surface area contributed by atoms with Gasteiger partial charge in [-0.25, -0.2) is 0 Å². The van der Waals surface area contributed by atoms with Gasteiger partial charge in [0, 0.05) is 19.6 Å². The maximum Gasteiger partial charge on any atom is 0.257 e. The van der Waals surface area contributed by atoms with Crippen molar-refractivity contribution < 1.29 is 14.3 Å². The number of nitrogens with zero attached hydrogens (tertiary/aromatic N) is 1. The lowest BCUT2D eigenvalue weighted by Gasteiger charge is -2.42. The first kappa shape index (κ1) is 15.8. The molecule has 1 unspecified atom stereocenters. The minimum Gasteiger partial charge on any atom is -0.493 e. The van der Waals surface area contributed by atoms with Crippen LogP contribution in [0.3, 0.4) is 0 Å². The van der Waals surface area contributed by atoms with Crippen LogP contribution in [0.15, 0.2) is 24.3 Å². The van der Waals surface area contributed by atoms with E-state index in [0.717, 1.165) is 0 Å². The van der Waals surface area contributed by atoms with Crippen molar-refractivity contribution in [3.05, 3.63) is 29.8 Å². The first-order valence-electron chi connectivity index (χ1n) is 7.36. The van der Waals surface area contributed by atoms with Gasteiger partial charge in [-0.15, -0.1) is 0 Å². The second-order valence-corrected chi connectivity index (χ2v) is 5.85. The Kier molecular flexibility index (Phi) is 4.85. The molecule has 1 aliphatic heterocycles. The highest BCUT2D eigenvalue weighted by atomic mass is 16.5. The van der Waals surface area contributed by atoms with E-state index in [1.165, 1.54) is 0 Å². The third-order valence-electron chi connectivity index (χ3n) is 3.45. The van der Waals surface area contributed by atoms with Crippen LogP contribution in [-0.2, 0) is 4.74 Å². The topological polar surface area (TPSA) is 64.8 Å². The Morgan fingerprint density at radius 3 is 2.86 bits per heavy atom. The molecular weight excluding hydrogens is 268 g/mol. The number of para-hydroxylation sites is 1. The standard InChI is InChI=1S/C16H24N2O3/c1-4-20-14-8-6-5-7-13(14)15(19)18-10-12(9-17)21-16(2,3)11-18/h5-8,12H,4,9-11,17H2,1-3H3. The highest BCUT2D eigenvalue weighted by Crippen LogP contribution is 2.25. The zero-order valence-electron chi connectivity index (χ0n) is 13.0. The number of hydrogen-bond donors (Lipinski definition) is 1. The third kappa shape index (κ3) is 3.74. The van der Waals surface area contributed by atoms with E-state index in [1.807, 2.05) is 39.0 Å².